The number of fused-ring (bicyclic) bond motifs is 1. The van der Waals surface area contributed by atoms with Crippen molar-refractivity contribution in [2.75, 3.05) is 6.54 Å². The normalized spacial score (nSPS) is 18.4. The summed E-state index contributed by atoms with van der Waals surface area (Å²) in [6.45, 7) is 0.371. The van der Waals surface area contributed by atoms with Gasteiger partial charge in [0.2, 0.25) is 17.7 Å². The van der Waals surface area contributed by atoms with Gasteiger partial charge in [-0.05, 0) is 79.9 Å². The summed E-state index contributed by atoms with van der Waals surface area (Å²) in [6.07, 6.45) is 8.68. The van der Waals surface area contributed by atoms with E-state index in [0.717, 1.165) is 56.9 Å². The molecule has 0 bridgehead atoms. The molecular formula is C34H48N8O3. The van der Waals surface area contributed by atoms with E-state index in [1.165, 1.54) is 11.1 Å². The van der Waals surface area contributed by atoms with Crippen molar-refractivity contribution in [3.05, 3.63) is 70.8 Å². The molecule has 0 heterocycles. The molecule has 1 fully saturated rings. The van der Waals surface area contributed by atoms with Crippen molar-refractivity contribution in [1.29, 1.82) is 10.8 Å². The first-order chi connectivity index (χ1) is 21.6. The van der Waals surface area contributed by atoms with Crippen molar-refractivity contribution >= 4 is 29.5 Å². The molecule has 3 amide bonds. The first-order valence-corrected chi connectivity index (χ1v) is 16.1. The van der Waals surface area contributed by atoms with Gasteiger partial charge in [0.1, 0.15) is 17.9 Å². The Morgan fingerprint density at radius 3 is 2.22 bits per heavy atom. The average Bonchev–Trinajstić information content (AvgIpc) is 3.03. The van der Waals surface area contributed by atoms with Crippen LogP contribution in [-0.2, 0) is 27.2 Å². The molecule has 45 heavy (non-hydrogen) atoms. The van der Waals surface area contributed by atoms with Crippen molar-refractivity contribution < 1.29 is 14.4 Å². The zero-order valence-electron chi connectivity index (χ0n) is 25.9. The lowest BCUT2D eigenvalue weighted by atomic mass is 9.73. The van der Waals surface area contributed by atoms with Crippen LogP contribution in [-0.4, -0.2) is 48.1 Å². The number of amidine groups is 1. The van der Waals surface area contributed by atoms with Crippen LogP contribution in [0.4, 0.5) is 0 Å². The number of rotatable bonds is 14. The lowest BCUT2D eigenvalue weighted by Crippen LogP contribution is -2.57. The van der Waals surface area contributed by atoms with Crippen LogP contribution in [0.1, 0.15) is 86.0 Å². The first-order valence-electron chi connectivity index (χ1n) is 16.1. The predicted octanol–water partition coefficient (Wildman–Crippen LogP) is 2.55. The number of nitrogen functional groups attached to an aromatic ring is 1. The Morgan fingerprint density at radius 2 is 1.56 bits per heavy atom. The van der Waals surface area contributed by atoms with Crippen molar-refractivity contribution in [2.24, 2.45) is 29.0 Å². The lowest BCUT2D eigenvalue weighted by molar-refractivity contribution is -0.134. The number of nitrogens with two attached hydrogens (primary N) is 3. The molecule has 11 heteroatoms. The maximum Gasteiger partial charge on any atom is 0.243 e. The fourth-order valence-electron chi connectivity index (χ4n) is 6.90. The van der Waals surface area contributed by atoms with Crippen molar-refractivity contribution in [3.8, 4) is 0 Å². The molecule has 0 radical (unpaired) electrons. The minimum atomic E-state index is -0.907. The summed E-state index contributed by atoms with van der Waals surface area (Å²) < 4.78 is 0. The third kappa shape index (κ3) is 9.29. The zero-order valence-corrected chi connectivity index (χ0v) is 25.9. The van der Waals surface area contributed by atoms with Crippen molar-refractivity contribution in [2.45, 2.75) is 88.6 Å². The number of hydrogen-bond acceptors (Lipinski definition) is 5. The number of benzene rings is 2. The monoisotopic (exact) mass is 616 g/mol. The van der Waals surface area contributed by atoms with Crippen LogP contribution >= 0.6 is 0 Å². The molecule has 2 aromatic carbocycles. The van der Waals surface area contributed by atoms with E-state index in [9.17, 15) is 14.4 Å². The van der Waals surface area contributed by atoms with E-state index in [1.54, 1.807) is 12.1 Å². The van der Waals surface area contributed by atoms with Gasteiger partial charge in [0.15, 0.2) is 5.96 Å². The van der Waals surface area contributed by atoms with Crippen LogP contribution in [0.3, 0.4) is 0 Å². The van der Waals surface area contributed by atoms with Gasteiger partial charge in [-0.25, -0.2) is 0 Å². The number of aryl methyl sites for hydroxylation is 1. The van der Waals surface area contributed by atoms with Gasteiger partial charge in [-0.3, -0.25) is 25.2 Å². The number of nitrogens with one attached hydrogen (secondary N) is 5. The second-order valence-electron chi connectivity index (χ2n) is 12.4. The van der Waals surface area contributed by atoms with E-state index < -0.39 is 29.8 Å². The highest BCUT2D eigenvalue weighted by atomic mass is 16.2. The van der Waals surface area contributed by atoms with Gasteiger partial charge >= 0.3 is 0 Å². The average molecular weight is 617 g/mol. The fourth-order valence-corrected chi connectivity index (χ4v) is 6.90. The molecule has 11 nitrogen and oxygen atoms in total. The Bertz CT molecular complexity index is 1360. The Labute approximate surface area is 265 Å². The highest BCUT2D eigenvalue weighted by Crippen LogP contribution is 2.39. The molecule has 2 aliphatic carbocycles. The standard InChI is InChI=1S/C34H48N8O3/c35-30(36)24-17-15-21(16-18-24)20-27(26-13-6-11-22-8-4-5-12-25(22)26)32(44)42-29(23-9-2-1-3-10-23)33(45)41-28(31(37)43)14-7-19-40-34(38)39/h4-5,8,12,15-18,23,26-29H,1-3,6-7,9-11,13-14,19-20H2,(H3,35,36)(H2,37,43)(H,41,45)(H,42,44)(H4,38,39,40)/t26?,27-,28?,29-/m0/s1. The van der Waals surface area contributed by atoms with E-state index in [4.69, 9.17) is 28.0 Å². The summed E-state index contributed by atoms with van der Waals surface area (Å²) in [7, 11) is 0. The molecule has 1 saturated carbocycles. The molecule has 4 atom stereocenters. The molecule has 2 unspecified atom stereocenters. The summed E-state index contributed by atoms with van der Waals surface area (Å²) in [6, 6.07) is 14.0. The second-order valence-corrected chi connectivity index (χ2v) is 12.4. The number of primary amides is 1. The van der Waals surface area contributed by atoms with Crippen LogP contribution in [0, 0.1) is 22.7 Å². The third-order valence-electron chi connectivity index (χ3n) is 9.31. The van der Waals surface area contributed by atoms with E-state index in [2.05, 4.69) is 28.1 Å². The fraction of sp³-hybridized carbons (Fsp3) is 0.500. The maximum absolute atomic E-state index is 14.4. The molecule has 4 rings (SSSR count). The molecule has 0 spiro atoms. The quantitative estimate of drug-likeness (QED) is 0.0906. The molecule has 11 N–H and O–H groups in total. The maximum atomic E-state index is 14.4. The van der Waals surface area contributed by atoms with Gasteiger partial charge in [0, 0.05) is 18.0 Å². The number of carbonyl (C=O) groups is 3. The summed E-state index contributed by atoms with van der Waals surface area (Å²) in [5.74, 6) is -1.91. The Balaban J connectivity index is 1.59. The summed E-state index contributed by atoms with van der Waals surface area (Å²) in [4.78, 5) is 40.6. The van der Waals surface area contributed by atoms with Crippen molar-refractivity contribution in [3.63, 3.8) is 0 Å². The minimum absolute atomic E-state index is 0.0113. The van der Waals surface area contributed by atoms with Gasteiger partial charge in [-0.2, -0.15) is 0 Å². The van der Waals surface area contributed by atoms with E-state index >= 15 is 0 Å². The molecule has 2 aromatic rings. The summed E-state index contributed by atoms with van der Waals surface area (Å²) in [5.41, 5.74) is 20.7. The summed E-state index contributed by atoms with van der Waals surface area (Å²) >= 11 is 0. The first kappa shape index (κ1) is 33.5. The van der Waals surface area contributed by atoms with Gasteiger partial charge in [0.05, 0.1) is 0 Å². The van der Waals surface area contributed by atoms with E-state index in [1.807, 2.05) is 24.3 Å². The molecular weight excluding hydrogens is 568 g/mol. The second kappa shape index (κ2) is 16.1. The van der Waals surface area contributed by atoms with E-state index in [-0.39, 0.29) is 36.0 Å². The Morgan fingerprint density at radius 1 is 0.844 bits per heavy atom. The summed E-state index contributed by atoms with van der Waals surface area (Å²) in [5, 5.41) is 23.8. The zero-order chi connectivity index (χ0) is 32.3. The van der Waals surface area contributed by atoms with Gasteiger partial charge in [-0.15, -0.1) is 0 Å². The predicted molar refractivity (Wildman–Crippen MR) is 176 cm³/mol. The van der Waals surface area contributed by atoms with Crippen LogP contribution in [0.5, 0.6) is 0 Å². The number of carbonyl (C=O) groups excluding carboxylic acids is 3. The van der Waals surface area contributed by atoms with E-state index in [0.29, 0.717) is 24.9 Å². The van der Waals surface area contributed by atoms with Crippen molar-refractivity contribution in [1.82, 2.24) is 16.0 Å². The largest absolute Gasteiger partial charge is 0.384 e. The molecule has 2 aliphatic rings. The molecule has 0 aliphatic heterocycles. The smallest absolute Gasteiger partial charge is 0.243 e. The lowest BCUT2D eigenvalue weighted by Gasteiger charge is -2.35. The number of guanidine groups is 1. The SMILES string of the molecule is N=C(N)NCCCC(NC(=O)[C@@H](NC(=O)[C@@H](Cc1ccc(C(=N)N)cc1)C1CCCc2ccccc21)C1CCCCC1)C(N)=O. The highest BCUT2D eigenvalue weighted by Gasteiger charge is 2.38. The Hall–Kier alpha value is -4.41. The topological polar surface area (TPSA) is 213 Å². The number of hydrogen-bond donors (Lipinski definition) is 8. The Kier molecular flexibility index (Phi) is 11.9. The molecule has 0 aromatic heterocycles. The van der Waals surface area contributed by atoms with Crippen LogP contribution in [0.2, 0.25) is 0 Å². The minimum Gasteiger partial charge on any atom is -0.384 e. The van der Waals surface area contributed by atoms with Crippen LogP contribution in [0.15, 0.2) is 48.5 Å². The molecule has 242 valence electrons. The van der Waals surface area contributed by atoms with Crippen LogP contribution in [0.25, 0.3) is 0 Å². The molecule has 0 saturated heterocycles. The van der Waals surface area contributed by atoms with Crippen LogP contribution < -0.4 is 33.2 Å². The van der Waals surface area contributed by atoms with Gasteiger partial charge in [-0.1, -0.05) is 67.8 Å². The van der Waals surface area contributed by atoms with Gasteiger partial charge in [0.25, 0.3) is 0 Å². The number of amides is 3. The highest BCUT2D eigenvalue weighted by molar-refractivity contribution is 5.95. The van der Waals surface area contributed by atoms with Gasteiger partial charge < -0.3 is 33.2 Å². The third-order valence-corrected chi connectivity index (χ3v) is 9.31.